The number of hydrogen-bond donors (Lipinski definition) is 1. The number of halogens is 1. The van der Waals surface area contributed by atoms with E-state index in [0.29, 0.717) is 12.0 Å². The molecule has 2 N–H and O–H groups in total. The summed E-state index contributed by atoms with van der Waals surface area (Å²) in [7, 11) is 2.22. The first-order chi connectivity index (χ1) is 10.1. The first-order valence-electron chi connectivity index (χ1n) is 8.27. The first-order valence-corrected chi connectivity index (χ1v) is 9.07. The molecule has 0 heterocycles. The summed E-state index contributed by atoms with van der Waals surface area (Å²) in [5, 5.41) is 0. The summed E-state index contributed by atoms with van der Waals surface area (Å²) in [4.78, 5) is 2.43. The summed E-state index contributed by atoms with van der Waals surface area (Å²) in [6.45, 7) is 4.40. The zero-order valence-electron chi connectivity index (χ0n) is 13.4. The minimum Gasteiger partial charge on any atom is -0.327 e. The fourth-order valence-corrected chi connectivity index (χ4v) is 4.06. The fourth-order valence-electron chi connectivity index (χ4n) is 3.65. The van der Waals surface area contributed by atoms with Gasteiger partial charge in [0.2, 0.25) is 0 Å². The van der Waals surface area contributed by atoms with Crippen molar-refractivity contribution in [3.63, 3.8) is 0 Å². The molecular weight excluding hydrogens is 324 g/mol. The maximum atomic E-state index is 6.37. The van der Waals surface area contributed by atoms with Crippen LogP contribution in [0.4, 0.5) is 0 Å². The van der Waals surface area contributed by atoms with E-state index in [1.807, 2.05) is 0 Å². The summed E-state index contributed by atoms with van der Waals surface area (Å²) < 4.78 is 1.20. The van der Waals surface area contributed by atoms with Crippen LogP contribution in [0.1, 0.15) is 44.6 Å². The van der Waals surface area contributed by atoms with Crippen LogP contribution in [0.15, 0.2) is 28.7 Å². The summed E-state index contributed by atoms with van der Waals surface area (Å²) in [6.07, 6.45) is 6.53. The molecule has 0 radical (unpaired) electrons. The van der Waals surface area contributed by atoms with Crippen molar-refractivity contribution < 1.29 is 0 Å². The van der Waals surface area contributed by atoms with E-state index in [2.05, 4.69) is 59.1 Å². The van der Waals surface area contributed by atoms with Gasteiger partial charge in [0.25, 0.3) is 0 Å². The van der Waals surface area contributed by atoms with Gasteiger partial charge < -0.3 is 10.6 Å². The first kappa shape index (κ1) is 17.0. The predicted octanol–water partition coefficient (Wildman–Crippen LogP) is 4.42. The lowest BCUT2D eigenvalue weighted by molar-refractivity contribution is 0.165. The number of rotatable bonds is 6. The Morgan fingerprint density at radius 2 is 2.05 bits per heavy atom. The van der Waals surface area contributed by atoms with E-state index < -0.39 is 0 Å². The molecule has 0 aliphatic heterocycles. The van der Waals surface area contributed by atoms with Crippen LogP contribution >= 0.6 is 15.9 Å². The Kier molecular flexibility index (Phi) is 6.72. The summed E-state index contributed by atoms with van der Waals surface area (Å²) in [6, 6.07) is 8.88. The molecule has 0 spiro atoms. The Balaban J connectivity index is 1.88. The van der Waals surface area contributed by atoms with Crippen molar-refractivity contribution in [1.82, 2.24) is 4.90 Å². The van der Waals surface area contributed by atoms with E-state index in [1.165, 1.54) is 42.1 Å². The maximum Gasteiger partial charge on any atom is 0.0242 e. The maximum absolute atomic E-state index is 6.37. The molecule has 1 aromatic carbocycles. The number of nitrogens with zero attached hydrogens (tertiary/aromatic N) is 1. The van der Waals surface area contributed by atoms with E-state index >= 15 is 0 Å². The summed E-state index contributed by atoms with van der Waals surface area (Å²) in [5.41, 5.74) is 7.73. The van der Waals surface area contributed by atoms with Crippen molar-refractivity contribution in [3.8, 4) is 0 Å². The number of benzene rings is 1. The third kappa shape index (κ3) is 5.08. The van der Waals surface area contributed by atoms with Gasteiger partial charge in [-0.3, -0.25) is 0 Å². The standard InChI is InChI=1S/C18H29BrN2/c1-3-6-14-9-10-18(20)16(11-14)13-21(2)12-15-7-4-5-8-17(15)19/h4-5,7-8,14,16,18H,3,6,9-13,20H2,1-2H3. The molecule has 1 aliphatic rings. The highest BCUT2D eigenvalue weighted by Gasteiger charge is 2.28. The van der Waals surface area contributed by atoms with Crippen molar-refractivity contribution in [2.75, 3.05) is 13.6 Å². The molecule has 1 aromatic rings. The molecular formula is C18H29BrN2. The highest BCUT2D eigenvalue weighted by atomic mass is 79.9. The van der Waals surface area contributed by atoms with Crippen molar-refractivity contribution in [2.45, 2.75) is 51.6 Å². The normalized spacial score (nSPS) is 26.2. The van der Waals surface area contributed by atoms with Gasteiger partial charge in [0.1, 0.15) is 0 Å². The monoisotopic (exact) mass is 352 g/mol. The Morgan fingerprint density at radius 3 is 2.76 bits per heavy atom. The van der Waals surface area contributed by atoms with Crippen LogP contribution in [0.3, 0.4) is 0 Å². The lowest BCUT2D eigenvalue weighted by Crippen LogP contribution is -2.42. The third-order valence-corrected chi connectivity index (χ3v) is 5.56. The van der Waals surface area contributed by atoms with Gasteiger partial charge in [-0.1, -0.05) is 53.9 Å². The van der Waals surface area contributed by atoms with Gasteiger partial charge in [0.05, 0.1) is 0 Å². The van der Waals surface area contributed by atoms with E-state index in [0.717, 1.165) is 19.0 Å². The average molecular weight is 353 g/mol. The molecule has 0 saturated heterocycles. The van der Waals surface area contributed by atoms with Crippen LogP contribution in [-0.2, 0) is 6.54 Å². The van der Waals surface area contributed by atoms with Crippen LogP contribution in [0.25, 0.3) is 0 Å². The van der Waals surface area contributed by atoms with Crippen LogP contribution < -0.4 is 5.73 Å². The Morgan fingerprint density at radius 1 is 1.29 bits per heavy atom. The molecule has 21 heavy (non-hydrogen) atoms. The molecule has 3 atom stereocenters. The van der Waals surface area contributed by atoms with Gasteiger partial charge in [0, 0.05) is 23.6 Å². The quantitative estimate of drug-likeness (QED) is 0.820. The zero-order valence-corrected chi connectivity index (χ0v) is 15.0. The Bertz CT molecular complexity index is 435. The largest absolute Gasteiger partial charge is 0.327 e. The van der Waals surface area contributed by atoms with Crippen molar-refractivity contribution in [3.05, 3.63) is 34.3 Å². The van der Waals surface area contributed by atoms with Gasteiger partial charge in [-0.2, -0.15) is 0 Å². The molecule has 3 heteroatoms. The van der Waals surface area contributed by atoms with Crippen LogP contribution in [0.2, 0.25) is 0 Å². The van der Waals surface area contributed by atoms with Gasteiger partial charge in [0.15, 0.2) is 0 Å². The summed E-state index contributed by atoms with van der Waals surface area (Å²) in [5.74, 6) is 1.56. The molecule has 2 nitrogen and oxygen atoms in total. The third-order valence-electron chi connectivity index (χ3n) is 4.79. The van der Waals surface area contributed by atoms with E-state index in [4.69, 9.17) is 5.73 Å². The van der Waals surface area contributed by atoms with E-state index in [1.54, 1.807) is 0 Å². The van der Waals surface area contributed by atoms with Gasteiger partial charge in [-0.05, 0) is 49.8 Å². The zero-order chi connectivity index (χ0) is 15.2. The van der Waals surface area contributed by atoms with Crippen LogP contribution in [0.5, 0.6) is 0 Å². The molecule has 0 bridgehead atoms. The minimum absolute atomic E-state index is 0.389. The Hall–Kier alpha value is -0.380. The van der Waals surface area contributed by atoms with Gasteiger partial charge in [-0.25, -0.2) is 0 Å². The summed E-state index contributed by atoms with van der Waals surface area (Å²) >= 11 is 3.64. The second-order valence-corrected chi connectivity index (χ2v) is 7.53. The van der Waals surface area contributed by atoms with Crippen molar-refractivity contribution in [2.24, 2.45) is 17.6 Å². The molecule has 1 fully saturated rings. The molecule has 0 aromatic heterocycles. The number of nitrogens with two attached hydrogens (primary N) is 1. The van der Waals surface area contributed by atoms with Gasteiger partial charge in [-0.15, -0.1) is 0 Å². The molecule has 0 amide bonds. The number of hydrogen-bond acceptors (Lipinski definition) is 2. The smallest absolute Gasteiger partial charge is 0.0242 e. The van der Waals surface area contributed by atoms with E-state index in [-0.39, 0.29) is 0 Å². The van der Waals surface area contributed by atoms with Crippen molar-refractivity contribution in [1.29, 1.82) is 0 Å². The highest BCUT2D eigenvalue weighted by Crippen LogP contribution is 2.32. The average Bonchev–Trinajstić information content (AvgIpc) is 2.45. The highest BCUT2D eigenvalue weighted by molar-refractivity contribution is 9.10. The molecule has 1 aliphatic carbocycles. The molecule has 1 saturated carbocycles. The van der Waals surface area contributed by atoms with Crippen LogP contribution in [-0.4, -0.2) is 24.5 Å². The molecule has 2 rings (SSSR count). The van der Waals surface area contributed by atoms with E-state index in [9.17, 15) is 0 Å². The van der Waals surface area contributed by atoms with Crippen molar-refractivity contribution >= 4 is 15.9 Å². The predicted molar refractivity (Wildman–Crippen MR) is 94.2 cm³/mol. The second-order valence-electron chi connectivity index (χ2n) is 6.68. The minimum atomic E-state index is 0.389. The fraction of sp³-hybridized carbons (Fsp3) is 0.667. The topological polar surface area (TPSA) is 29.3 Å². The second kappa shape index (κ2) is 8.30. The molecule has 118 valence electrons. The lowest BCUT2D eigenvalue weighted by Gasteiger charge is -2.36. The van der Waals surface area contributed by atoms with Crippen LogP contribution in [0, 0.1) is 11.8 Å². The Labute approximate surface area is 138 Å². The molecule has 3 unspecified atom stereocenters. The SMILES string of the molecule is CCCC1CCC(N)C(CN(C)Cc2ccccc2Br)C1. The lowest BCUT2D eigenvalue weighted by atomic mass is 9.76. The van der Waals surface area contributed by atoms with Gasteiger partial charge >= 0.3 is 0 Å².